The maximum absolute atomic E-state index is 12.5. The molecule has 0 spiro atoms. The van der Waals surface area contributed by atoms with Gasteiger partial charge in [0.1, 0.15) is 5.01 Å². The van der Waals surface area contributed by atoms with Crippen LogP contribution in [0.2, 0.25) is 0 Å². The number of hydrogen-bond donors (Lipinski definition) is 0. The van der Waals surface area contributed by atoms with Crippen molar-refractivity contribution in [2.45, 2.75) is 19.4 Å². The molecule has 2 heterocycles. The molecule has 0 unspecified atom stereocenters. The summed E-state index contributed by atoms with van der Waals surface area (Å²) in [6.45, 7) is 6.29. The van der Waals surface area contributed by atoms with Crippen LogP contribution in [0.3, 0.4) is 0 Å². The van der Waals surface area contributed by atoms with E-state index in [-0.39, 0.29) is 11.8 Å². The predicted molar refractivity (Wildman–Crippen MR) is 118 cm³/mol. The first kappa shape index (κ1) is 20.0. The Morgan fingerprint density at radius 2 is 1.55 bits per heavy atom. The minimum Gasteiger partial charge on any atom is -0.298 e. The topological polar surface area (TPSA) is 36.4 Å². The summed E-state index contributed by atoms with van der Waals surface area (Å²) >= 11 is 1.62. The van der Waals surface area contributed by atoms with E-state index >= 15 is 0 Å². The summed E-state index contributed by atoms with van der Waals surface area (Å²) in [6, 6.07) is 21.7. The molecule has 1 aromatic heterocycles. The summed E-state index contributed by atoms with van der Waals surface area (Å²) in [5.74, 6) is 0.260. The zero-order valence-corrected chi connectivity index (χ0v) is 17.6. The molecule has 4 rings (SSSR count). The molecule has 4 nitrogen and oxygen atoms in total. The molecule has 0 N–H and O–H groups in total. The average molecular weight is 406 g/mol. The summed E-state index contributed by atoms with van der Waals surface area (Å²) in [7, 11) is 0. The molecule has 1 saturated heterocycles. The Morgan fingerprint density at radius 3 is 2.07 bits per heavy atom. The van der Waals surface area contributed by atoms with Crippen molar-refractivity contribution < 1.29 is 4.79 Å². The van der Waals surface area contributed by atoms with E-state index in [0.29, 0.717) is 13.0 Å². The molecule has 1 aliphatic rings. The van der Waals surface area contributed by atoms with Crippen LogP contribution in [-0.2, 0) is 11.2 Å². The number of benzene rings is 2. The number of carbonyl (C=O) groups excluding carboxylic acids is 1. The van der Waals surface area contributed by atoms with Gasteiger partial charge in [-0.25, -0.2) is 4.98 Å². The van der Waals surface area contributed by atoms with Crippen LogP contribution in [0.5, 0.6) is 0 Å². The first-order valence-corrected chi connectivity index (χ1v) is 11.0. The van der Waals surface area contributed by atoms with Crippen molar-refractivity contribution in [2.75, 3.05) is 32.7 Å². The predicted octanol–water partition coefficient (Wildman–Crippen LogP) is 3.97. The molecule has 0 amide bonds. The van der Waals surface area contributed by atoms with E-state index < -0.39 is 0 Å². The molecule has 150 valence electrons. The largest absolute Gasteiger partial charge is 0.298 e. The van der Waals surface area contributed by atoms with E-state index in [1.807, 2.05) is 13.1 Å². The van der Waals surface area contributed by atoms with Crippen molar-refractivity contribution in [3.63, 3.8) is 0 Å². The Kier molecular flexibility index (Phi) is 6.49. The molecule has 5 heteroatoms. The van der Waals surface area contributed by atoms with E-state index in [1.165, 1.54) is 11.1 Å². The number of carbonyl (C=O) groups is 1. The van der Waals surface area contributed by atoms with Crippen molar-refractivity contribution in [3.05, 3.63) is 87.9 Å². The third-order valence-corrected chi connectivity index (χ3v) is 6.33. The minimum atomic E-state index is 0.258. The molecule has 3 aromatic rings. The zero-order chi connectivity index (χ0) is 20.1. The maximum atomic E-state index is 12.5. The van der Waals surface area contributed by atoms with Crippen molar-refractivity contribution in [1.82, 2.24) is 14.8 Å². The number of Topliss-reactive ketones (excluding diaryl/α,β-unsaturated/α-hetero) is 1. The molecule has 0 bridgehead atoms. The average Bonchev–Trinajstić information content (AvgIpc) is 3.15. The van der Waals surface area contributed by atoms with Crippen LogP contribution in [0, 0.1) is 6.92 Å². The molecule has 2 aromatic carbocycles. The van der Waals surface area contributed by atoms with Crippen LogP contribution in [0.15, 0.2) is 66.9 Å². The van der Waals surface area contributed by atoms with Crippen LogP contribution in [0.4, 0.5) is 0 Å². The van der Waals surface area contributed by atoms with Gasteiger partial charge >= 0.3 is 0 Å². The van der Waals surface area contributed by atoms with Gasteiger partial charge in [0.2, 0.25) is 0 Å². The Balaban J connectivity index is 1.38. The summed E-state index contributed by atoms with van der Waals surface area (Å²) in [5, 5.41) is 0.930. The summed E-state index contributed by atoms with van der Waals surface area (Å²) in [5.41, 5.74) is 2.64. The Labute approximate surface area is 176 Å². The van der Waals surface area contributed by atoms with Crippen molar-refractivity contribution in [1.29, 1.82) is 0 Å². The second-order valence-electron chi connectivity index (χ2n) is 7.62. The van der Waals surface area contributed by atoms with E-state index in [1.54, 1.807) is 11.3 Å². The standard InChI is InChI=1S/C24H27N3OS/c1-19-17-25-23(29-19)16-22(28)18-26-12-14-27(15-13-26)24(20-8-4-2-5-9-20)21-10-6-3-7-11-21/h2-11,17,24H,12-16,18H2,1H3. The Hall–Kier alpha value is -2.34. The first-order valence-electron chi connectivity index (χ1n) is 10.2. The number of aromatic nitrogens is 1. The number of piperazine rings is 1. The monoisotopic (exact) mass is 405 g/mol. The molecule has 0 saturated carbocycles. The van der Waals surface area contributed by atoms with E-state index in [9.17, 15) is 4.79 Å². The highest BCUT2D eigenvalue weighted by Crippen LogP contribution is 2.29. The summed E-state index contributed by atoms with van der Waals surface area (Å²) in [4.78, 5) is 22.8. The second kappa shape index (κ2) is 9.44. The van der Waals surface area contributed by atoms with E-state index in [2.05, 4.69) is 75.4 Å². The number of hydrogen-bond acceptors (Lipinski definition) is 5. The van der Waals surface area contributed by atoms with Crippen molar-refractivity contribution >= 4 is 17.1 Å². The lowest BCUT2D eigenvalue weighted by Gasteiger charge is -2.39. The maximum Gasteiger partial charge on any atom is 0.153 e. The molecule has 0 radical (unpaired) electrons. The van der Waals surface area contributed by atoms with E-state index in [4.69, 9.17) is 0 Å². The fraction of sp³-hybridized carbons (Fsp3) is 0.333. The van der Waals surface area contributed by atoms with Crippen LogP contribution in [0.1, 0.15) is 27.1 Å². The van der Waals surface area contributed by atoms with Gasteiger partial charge in [-0.1, -0.05) is 60.7 Å². The van der Waals surface area contributed by atoms with Gasteiger partial charge in [0, 0.05) is 37.3 Å². The Morgan fingerprint density at radius 1 is 0.966 bits per heavy atom. The molecule has 29 heavy (non-hydrogen) atoms. The van der Waals surface area contributed by atoms with Crippen LogP contribution in [-0.4, -0.2) is 53.3 Å². The van der Waals surface area contributed by atoms with Gasteiger partial charge in [-0.3, -0.25) is 14.6 Å². The fourth-order valence-electron chi connectivity index (χ4n) is 4.02. The first-order chi connectivity index (χ1) is 14.2. The molecule has 0 atom stereocenters. The van der Waals surface area contributed by atoms with Gasteiger partial charge in [0.05, 0.1) is 19.0 Å². The van der Waals surface area contributed by atoms with Crippen LogP contribution < -0.4 is 0 Å². The lowest BCUT2D eigenvalue weighted by atomic mass is 9.96. The molecule has 1 fully saturated rings. The highest BCUT2D eigenvalue weighted by Gasteiger charge is 2.27. The number of ketones is 1. The number of thiazole rings is 1. The second-order valence-corrected chi connectivity index (χ2v) is 8.94. The lowest BCUT2D eigenvalue weighted by molar-refractivity contribution is -0.120. The quantitative estimate of drug-likeness (QED) is 0.596. The smallest absolute Gasteiger partial charge is 0.153 e. The highest BCUT2D eigenvalue weighted by atomic mass is 32.1. The molecular weight excluding hydrogens is 378 g/mol. The number of aryl methyl sites for hydroxylation is 1. The molecule has 1 aliphatic heterocycles. The highest BCUT2D eigenvalue weighted by molar-refractivity contribution is 7.11. The van der Waals surface area contributed by atoms with Gasteiger partial charge < -0.3 is 0 Å². The number of rotatable bonds is 7. The van der Waals surface area contributed by atoms with Crippen molar-refractivity contribution in [3.8, 4) is 0 Å². The van der Waals surface area contributed by atoms with Gasteiger partial charge in [-0.15, -0.1) is 11.3 Å². The van der Waals surface area contributed by atoms with Crippen molar-refractivity contribution in [2.24, 2.45) is 0 Å². The lowest BCUT2D eigenvalue weighted by Crippen LogP contribution is -2.49. The zero-order valence-electron chi connectivity index (χ0n) is 16.8. The third-order valence-electron chi connectivity index (χ3n) is 5.42. The minimum absolute atomic E-state index is 0.258. The Bertz CT molecular complexity index is 878. The van der Waals surface area contributed by atoms with E-state index in [0.717, 1.165) is 36.1 Å². The normalized spacial score (nSPS) is 15.7. The van der Waals surface area contributed by atoms with Gasteiger partial charge in [-0.2, -0.15) is 0 Å². The summed E-state index contributed by atoms with van der Waals surface area (Å²) in [6.07, 6.45) is 2.30. The molecule has 0 aliphatic carbocycles. The van der Waals surface area contributed by atoms with Crippen LogP contribution >= 0.6 is 11.3 Å². The van der Waals surface area contributed by atoms with Gasteiger partial charge in [0.15, 0.2) is 5.78 Å². The van der Waals surface area contributed by atoms with Gasteiger partial charge in [0.25, 0.3) is 0 Å². The third kappa shape index (κ3) is 5.18. The van der Waals surface area contributed by atoms with Gasteiger partial charge in [-0.05, 0) is 18.1 Å². The fourth-order valence-corrected chi connectivity index (χ4v) is 4.84. The SMILES string of the molecule is Cc1cnc(CC(=O)CN2CCN(C(c3ccccc3)c3ccccc3)CC2)s1. The van der Waals surface area contributed by atoms with Crippen LogP contribution in [0.25, 0.3) is 0 Å². The molecular formula is C24H27N3OS. The summed E-state index contributed by atoms with van der Waals surface area (Å²) < 4.78 is 0. The number of nitrogens with zero attached hydrogens (tertiary/aromatic N) is 3.